The number of anilines is 1. The van der Waals surface area contributed by atoms with E-state index >= 15 is 0 Å². The fraction of sp³-hybridized carbons (Fsp3) is 0.667. The van der Waals surface area contributed by atoms with E-state index in [9.17, 15) is 4.79 Å². The van der Waals surface area contributed by atoms with Gasteiger partial charge in [-0.15, -0.1) is 0 Å². The summed E-state index contributed by atoms with van der Waals surface area (Å²) in [4.78, 5) is 12.8. The molecule has 1 N–H and O–H groups in total. The van der Waals surface area contributed by atoms with Gasteiger partial charge in [-0.3, -0.25) is 4.79 Å². The van der Waals surface area contributed by atoms with Gasteiger partial charge in [0.15, 0.2) is 0 Å². The molecule has 0 aliphatic heterocycles. The number of carbonyl (C=O) groups is 1. The fourth-order valence-corrected chi connectivity index (χ4v) is 2.89. The van der Waals surface area contributed by atoms with Gasteiger partial charge < -0.3 is 14.8 Å². The van der Waals surface area contributed by atoms with E-state index in [0.717, 1.165) is 54.9 Å². The molecule has 0 saturated heterocycles. The lowest BCUT2D eigenvalue weighted by Gasteiger charge is -2.28. The summed E-state index contributed by atoms with van der Waals surface area (Å²) in [5.41, 5.74) is 2.09. The van der Waals surface area contributed by atoms with E-state index < -0.39 is 5.60 Å². The summed E-state index contributed by atoms with van der Waals surface area (Å²) in [6.07, 6.45) is 4.65. The van der Waals surface area contributed by atoms with Gasteiger partial charge in [-0.05, 0) is 63.3 Å². The third-order valence-corrected chi connectivity index (χ3v) is 4.29. The Morgan fingerprint density at radius 1 is 1.04 bits per heavy atom. The Kier molecular flexibility index (Phi) is 8.98. The summed E-state index contributed by atoms with van der Waals surface area (Å²) in [6, 6.07) is 3.94. The number of hydrogen-bond donors (Lipinski definition) is 1. The van der Waals surface area contributed by atoms with E-state index in [2.05, 4.69) is 19.2 Å². The Morgan fingerprint density at radius 3 is 2.20 bits per heavy atom. The van der Waals surface area contributed by atoms with Gasteiger partial charge in [-0.25, -0.2) is 0 Å². The van der Waals surface area contributed by atoms with Crippen molar-refractivity contribution in [3.05, 3.63) is 23.3 Å². The molecule has 0 aromatic heterocycles. The van der Waals surface area contributed by atoms with Crippen molar-refractivity contribution in [2.24, 2.45) is 0 Å². The maximum atomic E-state index is 12.8. The van der Waals surface area contributed by atoms with E-state index in [-0.39, 0.29) is 5.91 Å². The van der Waals surface area contributed by atoms with Gasteiger partial charge in [0.05, 0.1) is 6.61 Å². The van der Waals surface area contributed by atoms with Crippen molar-refractivity contribution in [2.45, 2.75) is 79.2 Å². The molecule has 1 unspecified atom stereocenters. The number of hydrogen-bond acceptors (Lipinski definition) is 3. The molecule has 1 aromatic rings. The van der Waals surface area contributed by atoms with Crippen LogP contribution in [0.15, 0.2) is 12.1 Å². The standard InChI is InChI=1S/C21H35NO3/c1-7-10-13-24-19-16(4)14-18(15-17(19)5)22-20(23)21(6,11-8-2)25-12-9-3/h14-15H,7-13H2,1-6H3,(H,22,23). The summed E-state index contributed by atoms with van der Waals surface area (Å²) in [5, 5.41) is 3.03. The molecule has 4 nitrogen and oxygen atoms in total. The second-order valence-corrected chi connectivity index (χ2v) is 6.92. The lowest BCUT2D eigenvalue weighted by molar-refractivity contribution is -0.140. The Hall–Kier alpha value is -1.55. The number of amides is 1. The van der Waals surface area contributed by atoms with Crippen LogP contribution in [0.3, 0.4) is 0 Å². The Morgan fingerprint density at radius 2 is 1.68 bits per heavy atom. The number of carbonyl (C=O) groups excluding carboxylic acids is 1. The summed E-state index contributed by atoms with van der Waals surface area (Å²) in [5.74, 6) is 0.839. The maximum absolute atomic E-state index is 12.8. The number of nitrogens with one attached hydrogen (secondary N) is 1. The molecule has 1 rings (SSSR count). The Labute approximate surface area is 153 Å². The summed E-state index contributed by atoms with van der Waals surface area (Å²) >= 11 is 0. The highest BCUT2D eigenvalue weighted by Crippen LogP contribution is 2.29. The van der Waals surface area contributed by atoms with Crippen LogP contribution in [0.4, 0.5) is 5.69 Å². The number of aryl methyl sites for hydroxylation is 2. The van der Waals surface area contributed by atoms with Crippen LogP contribution >= 0.6 is 0 Å². The first-order valence-electron chi connectivity index (χ1n) is 9.57. The van der Waals surface area contributed by atoms with Crippen molar-refractivity contribution >= 4 is 11.6 Å². The van der Waals surface area contributed by atoms with E-state index in [1.54, 1.807) is 0 Å². The zero-order valence-corrected chi connectivity index (χ0v) is 16.8. The van der Waals surface area contributed by atoms with Gasteiger partial charge in [0.2, 0.25) is 0 Å². The van der Waals surface area contributed by atoms with E-state index in [1.165, 1.54) is 0 Å². The van der Waals surface area contributed by atoms with Crippen molar-refractivity contribution in [1.82, 2.24) is 0 Å². The van der Waals surface area contributed by atoms with Crippen molar-refractivity contribution in [1.29, 1.82) is 0 Å². The van der Waals surface area contributed by atoms with Crippen molar-refractivity contribution in [2.75, 3.05) is 18.5 Å². The monoisotopic (exact) mass is 349 g/mol. The molecular weight excluding hydrogens is 314 g/mol. The highest BCUT2D eigenvalue weighted by Gasteiger charge is 2.33. The first-order valence-corrected chi connectivity index (χ1v) is 9.57. The van der Waals surface area contributed by atoms with Crippen LogP contribution in [0.2, 0.25) is 0 Å². The van der Waals surface area contributed by atoms with E-state index in [0.29, 0.717) is 13.0 Å². The van der Waals surface area contributed by atoms with Crippen LogP contribution in [0, 0.1) is 13.8 Å². The van der Waals surface area contributed by atoms with Crippen LogP contribution < -0.4 is 10.1 Å². The van der Waals surface area contributed by atoms with Gasteiger partial charge in [-0.1, -0.05) is 33.6 Å². The van der Waals surface area contributed by atoms with Crippen LogP contribution in [-0.2, 0) is 9.53 Å². The lowest BCUT2D eigenvalue weighted by atomic mass is 9.98. The fourth-order valence-electron chi connectivity index (χ4n) is 2.89. The van der Waals surface area contributed by atoms with Crippen molar-refractivity contribution < 1.29 is 14.3 Å². The minimum atomic E-state index is -0.789. The number of benzene rings is 1. The molecule has 0 fully saturated rings. The van der Waals surface area contributed by atoms with Crippen LogP contribution in [0.25, 0.3) is 0 Å². The molecule has 142 valence electrons. The molecular formula is C21H35NO3. The van der Waals surface area contributed by atoms with Crippen LogP contribution in [-0.4, -0.2) is 24.7 Å². The minimum Gasteiger partial charge on any atom is -0.493 e. The third-order valence-electron chi connectivity index (χ3n) is 4.29. The average molecular weight is 350 g/mol. The molecule has 0 heterocycles. The van der Waals surface area contributed by atoms with E-state index in [4.69, 9.17) is 9.47 Å². The van der Waals surface area contributed by atoms with Crippen LogP contribution in [0.1, 0.15) is 70.9 Å². The smallest absolute Gasteiger partial charge is 0.256 e. The predicted octanol–water partition coefficient (Wildman–Crippen LogP) is 5.41. The van der Waals surface area contributed by atoms with Gasteiger partial charge in [0.25, 0.3) is 5.91 Å². The molecule has 0 spiro atoms. The second-order valence-electron chi connectivity index (χ2n) is 6.92. The molecule has 25 heavy (non-hydrogen) atoms. The van der Waals surface area contributed by atoms with Gasteiger partial charge in [-0.2, -0.15) is 0 Å². The quantitative estimate of drug-likeness (QED) is 0.544. The van der Waals surface area contributed by atoms with Crippen molar-refractivity contribution in [3.8, 4) is 5.75 Å². The molecule has 0 saturated carbocycles. The largest absolute Gasteiger partial charge is 0.493 e. The number of rotatable bonds is 11. The van der Waals surface area contributed by atoms with Gasteiger partial charge in [0.1, 0.15) is 11.4 Å². The van der Waals surface area contributed by atoms with Gasteiger partial charge in [0, 0.05) is 12.3 Å². The average Bonchev–Trinajstić information content (AvgIpc) is 2.55. The maximum Gasteiger partial charge on any atom is 0.256 e. The molecule has 4 heteroatoms. The van der Waals surface area contributed by atoms with Crippen LogP contribution in [0.5, 0.6) is 5.75 Å². The molecule has 1 amide bonds. The summed E-state index contributed by atoms with van der Waals surface area (Å²) in [6.45, 7) is 13.5. The SMILES string of the molecule is CCCCOc1c(C)cc(NC(=O)C(C)(CCC)OCCC)cc1C. The molecule has 1 aromatic carbocycles. The highest BCUT2D eigenvalue weighted by molar-refractivity contribution is 5.97. The summed E-state index contributed by atoms with van der Waals surface area (Å²) in [7, 11) is 0. The Balaban J connectivity index is 2.88. The number of ether oxygens (including phenoxy) is 2. The number of unbranched alkanes of at least 4 members (excludes halogenated alkanes) is 1. The molecule has 0 bridgehead atoms. The first-order chi connectivity index (χ1) is 11.9. The third kappa shape index (κ3) is 6.35. The molecule has 0 aliphatic carbocycles. The van der Waals surface area contributed by atoms with E-state index in [1.807, 2.05) is 39.8 Å². The van der Waals surface area contributed by atoms with Gasteiger partial charge >= 0.3 is 0 Å². The van der Waals surface area contributed by atoms with Crippen molar-refractivity contribution in [3.63, 3.8) is 0 Å². The zero-order valence-electron chi connectivity index (χ0n) is 16.8. The Bertz CT molecular complexity index is 533. The second kappa shape index (κ2) is 10.4. The minimum absolute atomic E-state index is 0.0822. The predicted molar refractivity (Wildman–Crippen MR) is 105 cm³/mol. The topological polar surface area (TPSA) is 47.6 Å². The summed E-state index contributed by atoms with van der Waals surface area (Å²) < 4.78 is 11.8. The molecule has 1 atom stereocenters. The first kappa shape index (κ1) is 21.5. The molecule has 0 radical (unpaired) electrons. The zero-order chi connectivity index (χ0) is 18.9. The normalized spacial score (nSPS) is 13.4. The highest BCUT2D eigenvalue weighted by atomic mass is 16.5. The molecule has 0 aliphatic rings. The lowest BCUT2D eigenvalue weighted by Crippen LogP contribution is -2.43.